The summed E-state index contributed by atoms with van der Waals surface area (Å²) in [7, 11) is -3.53. The van der Waals surface area contributed by atoms with Gasteiger partial charge < -0.3 is 19.5 Å². The van der Waals surface area contributed by atoms with E-state index in [0.717, 1.165) is 5.56 Å². The number of carbonyl (C=O) groups excluding carboxylic acids is 1. The Balaban J connectivity index is 1.27. The second kappa shape index (κ2) is 8.32. The van der Waals surface area contributed by atoms with Crippen molar-refractivity contribution in [2.24, 2.45) is 0 Å². The molecule has 2 aliphatic heterocycles. The first kappa shape index (κ1) is 20.6. The third-order valence-corrected chi connectivity index (χ3v) is 7.15. The van der Waals surface area contributed by atoms with Crippen LogP contribution in [0.2, 0.25) is 0 Å². The fourth-order valence-corrected chi connectivity index (χ4v) is 5.05. The van der Waals surface area contributed by atoms with Gasteiger partial charge in [-0.1, -0.05) is 6.07 Å². The number of anilines is 2. The number of hydrogen-bond acceptors (Lipinski definition) is 7. The van der Waals surface area contributed by atoms with E-state index in [-0.39, 0.29) is 18.9 Å². The molecule has 3 aromatic rings. The monoisotopic (exact) mass is 458 g/mol. The van der Waals surface area contributed by atoms with Crippen molar-refractivity contribution in [3.05, 3.63) is 42.0 Å². The molecule has 0 radical (unpaired) electrons. The summed E-state index contributed by atoms with van der Waals surface area (Å²) < 4.78 is 43.7. The summed E-state index contributed by atoms with van der Waals surface area (Å²) in [6.07, 6.45) is 0.619. The van der Waals surface area contributed by atoms with Crippen molar-refractivity contribution in [3.8, 4) is 11.5 Å². The van der Waals surface area contributed by atoms with E-state index < -0.39 is 15.3 Å². The summed E-state index contributed by atoms with van der Waals surface area (Å²) in [5.41, 5.74) is 1.81. The summed E-state index contributed by atoms with van der Waals surface area (Å²) in [6, 6.07) is 10.4. The van der Waals surface area contributed by atoms with Crippen molar-refractivity contribution in [1.29, 1.82) is 0 Å². The third kappa shape index (κ3) is 4.21. The van der Waals surface area contributed by atoms with Crippen LogP contribution in [0.1, 0.15) is 12.0 Å². The Kier molecular flexibility index (Phi) is 5.35. The van der Waals surface area contributed by atoms with Gasteiger partial charge in [-0.25, -0.2) is 8.42 Å². The minimum absolute atomic E-state index is 0.145. The van der Waals surface area contributed by atoms with Crippen LogP contribution in [0, 0.1) is 0 Å². The molecule has 2 aliphatic rings. The summed E-state index contributed by atoms with van der Waals surface area (Å²) in [6.45, 7) is 1.63. The quantitative estimate of drug-likeness (QED) is 0.515. The van der Waals surface area contributed by atoms with Gasteiger partial charge in [0.05, 0.1) is 24.2 Å². The molecule has 3 heterocycles. The molecule has 1 aromatic heterocycles. The number of sulfonamides is 1. The zero-order valence-corrected chi connectivity index (χ0v) is 17.9. The molecule has 0 spiro atoms. The number of benzene rings is 2. The summed E-state index contributed by atoms with van der Waals surface area (Å²) >= 11 is 0. The van der Waals surface area contributed by atoms with Crippen LogP contribution in [-0.4, -0.2) is 56.2 Å². The maximum absolute atomic E-state index is 12.6. The van der Waals surface area contributed by atoms with Crippen molar-refractivity contribution in [1.82, 2.24) is 10.2 Å². The normalized spacial score (nSPS) is 17.9. The van der Waals surface area contributed by atoms with Crippen LogP contribution in [0.4, 0.5) is 11.5 Å². The average molecular weight is 458 g/mol. The lowest BCUT2D eigenvalue weighted by atomic mass is 10.1. The molecular weight excluding hydrogens is 436 g/mol. The van der Waals surface area contributed by atoms with Crippen LogP contribution in [-0.2, 0) is 26.0 Å². The van der Waals surface area contributed by atoms with Gasteiger partial charge in [0, 0.05) is 12.0 Å². The molecule has 1 saturated heterocycles. The van der Waals surface area contributed by atoms with E-state index in [1.54, 1.807) is 30.3 Å². The Hall–Kier alpha value is -3.31. The van der Waals surface area contributed by atoms with Crippen LogP contribution in [0.3, 0.4) is 0 Å². The number of aromatic amines is 1. The summed E-state index contributed by atoms with van der Waals surface area (Å²) in [5, 5.41) is 9.91. The Morgan fingerprint density at radius 2 is 1.94 bits per heavy atom. The number of carbonyl (C=O) groups is 1. The first-order valence-electron chi connectivity index (χ1n) is 10.2. The van der Waals surface area contributed by atoms with Crippen LogP contribution in [0.25, 0.3) is 10.9 Å². The van der Waals surface area contributed by atoms with Crippen molar-refractivity contribution >= 4 is 38.3 Å². The molecule has 5 rings (SSSR count). The molecule has 168 valence electrons. The number of nitrogens with one attached hydrogen (secondary N) is 3. The lowest BCUT2D eigenvalue weighted by Gasteiger charge is -2.18. The van der Waals surface area contributed by atoms with Gasteiger partial charge in [0.15, 0.2) is 17.3 Å². The highest BCUT2D eigenvalue weighted by Gasteiger charge is 2.29. The second-order valence-corrected chi connectivity index (χ2v) is 9.63. The lowest BCUT2D eigenvalue weighted by Crippen LogP contribution is -2.27. The predicted molar refractivity (Wildman–Crippen MR) is 118 cm³/mol. The van der Waals surface area contributed by atoms with E-state index in [2.05, 4.69) is 20.2 Å². The highest BCUT2D eigenvalue weighted by Crippen LogP contribution is 2.31. The lowest BCUT2D eigenvalue weighted by molar-refractivity contribution is -0.115. The highest BCUT2D eigenvalue weighted by molar-refractivity contribution is 7.93. The van der Waals surface area contributed by atoms with Gasteiger partial charge in [0.2, 0.25) is 15.9 Å². The van der Waals surface area contributed by atoms with E-state index in [4.69, 9.17) is 14.2 Å². The van der Waals surface area contributed by atoms with Crippen molar-refractivity contribution in [2.45, 2.75) is 18.1 Å². The van der Waals surface area contributed by atoms with Crippen molar-refractivity contribution < 1.29 is 27.4 Å². The number of hydrogen-bond donors (Lipinski definition) is 3. The molecule has 0 saturated carbocycles. The van der Waals surface area contributed by atoms with E-state index in [1.165, 1.54) is 0 Å². The zero-order chi connectivity index (χ0) is 22.1. The first-order valence-corrected chi connectivity index (χ1v) is 11.8. The molecule has 3 N–H and O–H groups in total. The van der Waals surface area contributed by atoms with E-state index >= 15 is 0 Å². The summed E-state index contributed by atoms with van der Waals surface area (Å²) in [4.78, 5) is 12.6. The predicted octanol–water partition coefficient (Wildman–Crippen LogP) is 2.05. The maximum atomic E-state index is 12.6. The highest BCUT2D eigenvalue weighted by atomic mass is 32.2. The van der Waals surface area contributed by atoms with Crippen molar-refractivity contribution in [2.75, 3.05) is 36.5 Å². The molecule has 1 unspecified atom stereocenters. The fourth-order valence-electron chi connectivity index (χ4n) is 3.74. The Labute approximate surface area is 184 Å². The van der Waals surface area contributed by atoms with Gasteiger partial charge in [-0.05, 0) is 42.3 Å². The van der Waals surface area contributed by atoms with Crippen LogP contribution < -0.4 is 19.5 Å². The fraction of sp³-hybridized carbons (Fsp3) is 0.333. The minimum Gasteiger partial charge on any atom is -0.486 e. The first-order chi connectivity index (χ1) is 15.5. The van der Waals surface area contributed by atoms with Gasteiger partial charge in [0.25, 0.3) is 0 Å². The molecule has 32 heavy (non-hydrogen) atoms. The topological polar surface area (TPSA) is 132 Å². The number of amides is 1. The number of H-pyrrole nitrogens is 1. The molecule has 10 nitrogen and oxygen atoms in total. The Morgan fingerprint density at radius 1 is 1.09 bits per heavy atom. The molecule has 1 atom stereocenters. The molecule has 2 aromatic carbocycles. The number of nitrogens with zero attached hydrogens (tertiary/aromatic N) is 1. The number of aromatic nitrogens is 2. The van der Waals surface area contributed by atoms with Crippen LogP contribution in [0.5, 0.6) is 11.5 Å². The largest absolute Gasteiger partial charge is 0.486 e. The number of rotatable bonds is 6. The zero-order valence-electron chi connectivity index (χ0n) is 17.1. The molecule has 1 amide bonds. The van der Waals surface area contributed by atoms with Crippen molar-refractivity contribution in [3.63, 3.8) is 0 Å². The van der Waals surface area contributed by atoms with Gasteiger partial charge >= 0.3 is 0 Å². The third-order valence-electron chi connectivity index (χ3n) is 5.38. The average Bonchev–Trinajstić information content (AvgIpc) is 3.44. The second-order valence-electron chi connectivity index (χ2n) is 7.67. The molecule has 11 heteroatoms. The van der Waals surface area contributed by atoms with E-state index in [0.29, 0.717) is 60.1 Å². The van der Waals surface area contributed by atoms with Gasteiger partial charge in [-0.2, -0.15) is 5.10 Å². The molecule has 1 fully saturated rings. The van der Waals surface area contributed by atoms with E-state index in [1.807, 2.05) is 6.07 Å². The standard InChI is InChI=1S/C21H22N4O6S/c26-20(10-13-1-4-18-19(9-13)31-8-7-30-18)22-21-16-3-2-14(11-17(16)23-24-21)25-32(27,28)15-5-6-29-12-15/h1-4,9,11,15,25H,5-8,10,12H2,(H2,22,23,24,26). The van der Waals surface area contributed by atoms with Gasteiger partial charge in [0.1, 0.15) is 18.5 Å². The number of ether oxygens (including phenoxy) is 3. The van der Waals surface area contributed by atoms with Gasteiger partial charge in [-0.3, -0.25) is 14.6 Å². The Bertz CT molecular complexity index is 1270. The van der Waals surface area contributed by atoms with E-state index in [9.17, 15) is 13.2 Å². The molecule has 0 aliphatic carbocycles. The van der Waals surface area contributed by atoms with Crippen LogP contribution in [0.15, 0.2) is 36.4 Å². The number of fused-ring (bicyclic) bond motifs is 2. The molecular formula is C21H22N4O6S. The maximum Gasteiger partial charge on any atom is 0.237 e. The summed E-state index contributed by atoms with van der Waals surface area (Å²) in [5.74, 6) is 1.44. The van der Waals surface area contributed by atoms with Crippen LogP contribution >= 0.6 is 0 Å². The van der Waals surface area contributed by atoms with Gasteiger partial charge in [-0.15, -0.1) is 0 Å². The smallest absolute Gasteiger partial charge is 0.237 e. The Morgan fingerprint density at radius 3 is 2.75 bits per heavy atom. The SMILES string of the molecule is O=C(Cc1ccc2c(c1)OCCO2)Nc1n[nH]c2cc(NS(=O)(=O)C3CCOC3)ccc12. The molecule has 0 bridgehead atoms. The minimum atomic E-state index is -3.53.